The lowest BCUT2D eigenvalue weighted by molar-refractivity contribution is 0.0554. The molecule has 0 unspecified atom stereocenters. The maximum Gasteiger partial charge on any atom is 0.0976 e. The quantitative estimate of drug-likeness (QED) is 0.667. The number of hydrogen-bond donors (Lipinski definition) is 0. The molecule has 25 heavy (non-hydrogen) atoms. The van der Waals surface area contributed by atoms with E-state index in [0.717, 1.165) is 0 Å². The Morgan fingerprint density at radius 3 is 2.00 bits per heavy atom. The first-order valence-electron chi connectivity index (χ1n) is 8.59. The van der Waals surface area contributed by atoms with E-state index in [1.54, 1.807) is 7.11 Å². The number of hydrogen-bond acceptors (Lipinski definition) is 2. The molecule has 1 aliphatic carbocycles. The van der Waals surface area contributed by atoms with Gasteiger partial charge in [0.05, 0.1) is 6.10 Å². The van der Waals surface area contributed by atoms with E-state index in [0.29, 0.717) is 0 Å². The Kier molecular flexibility index (Phi) is 6.64. The van der Waals surface area contributed by atoms with E-state index < -0.39 is 8.07 Å². The summed E-state index contributed by atoms with van der Waals surface area (Å²) in [6.07, 6.45) is 8.74. The van der Waals surface area contributed by atoms with Crippen LogP contribution < -0.4 is 5.30 Å². The van der Waals surface area contributed by atoms with Crippen molar-refractivity contribution < 1.29 is 4.74 Å². The average molecular weight is 350 g/mol. The third-order valence-corrected chi connectivity index (χ3v) is 7.19. The van der Waals surface area contributed by atoms with Crippen molar-refractivity contribution in [3.63, 3.8) is 0 Å². The molecular weight excluding hydrogens is 325 g/mol. The molecule has 0 saturated heterocycles. The van der Waals surface area contributed by atoms with Crippen molar-refractivity contribution in [2.45, 2.75) is 19.1 Å². The zero-order valence-electron chi connectivity index (χ0n) is 15.0. The second-order valence-corrected chi connectivity index (χ2v) is 8.46. The van der Waals surface area contributed by atoms with Crippen LogP contribution in [0.3, 0.4) is 0 Å². The predicted octanol–water partition coefficient (Wildman–Crippen LogP) is 4.78. The maximum absolute atomic E-state index is 5.89. The molecule has 0 aromatic heterocycles. The highest BCUT2D eigenvalue weighted by atomic mass is 31.1. The number of benzene rings is 2. The van der Waals surface area contributed by atoms with Crippen molar-refractivity contribution in [3.8, 4) is 0 Å². The number of methoxy groups -OCH3 is 1. The molecule has 129 valence electrons. The van der Waals surface area contributed by atoms with Gasteiger partial charge in [-0.2, -0.15) is 0 Å². The molecule has 0 N–H and O–H groups in total. The second kappa shape index (κ2) is 8.94. The fourth-order valence-electron chi connectivity index (χ4n) is 3.22. The van der Waals surface area contributed by atoms with Crippen LogP contribution >= 0.6 is 8.07 Å². The smallest absolute Gasteiger partial charge is 0.0976 e. The normalized spacial score (nSPS) is 19.0. The average Bonchev–Trinajstić information content (AvgIpc) is 3.18. The fraction of sp³-hybridized carbons (Fsp3) is 0.227. The van der Waals surface area contributed by atoms with Gasteiger partial charge in [0.2, 0.25) is 0 Å². The largest absolute Gasteiger partial charge is 0.375 e. The van der Waals surface area contributed by atoms with E-state index in [1.165, 1.54) is 16.5 Å². The third kappa shape index (κ3) is 4.31. The third-order valence-electron chi connectivity index (χ3n) is 4.62. The molecule has 2 aromatic rings. The molecular formula is C22H25NOP. The summed E-state index contributed by atoms with van der Waals surface area (Å²) in [6, 6.07) is 21.5. The van der Waals surface area contributed by atoms with E-state index in [1.807, 2.05) is 6.07 Å². The van der Waals surface area contributed by atoms with Gasteiger partial charge in [0.15, 0.2) is 0 Å². The maximum atomic E-state index is 5.89. The first-order chi connectivity index (χ1) is 12.2. The Bertz CT molecular complexity index is 627. The van der Waals surface area contributed by atoms with Crippen LogP contribution in [0.4, 0.5) is 0 Å². The highest BCUT2D eigenvalue weighted by Gasteiger charge is 2.35. The van der Waals surface area contributed by atoms with Gasteiger partial charge in [-0.15, -0.1) is 0 Å². The van der Waals surface area contributed by atoms with Gasteiger partial charge in [0.1, 0.15) is 0 Å². The summed E-state index contributed by atoms with van der Waals surface area (Å²) in [6.45, 7) is 2.25. The molecule has 0 amide bonds. The molecule has 0 bridgehead atoms. The van der Waals surface area contributed by atoms with Crippen molar-refractivity contribution in [3.05, 3.63) is 97.6 Å². The van der Waals surface area contributed by atoms with Crippen LogP contribution in [-0.2, 0) is 4.74 Å². The van der Waals surface area contributed by atoms with Gasteiger partial charge in [0, 0.05) is 26.9 Å². The molecule has 0 heterocycles. The van der Waals surface area contributed by atoms with E-state index in [9.17, 15) is 0 Å². The Morgan fingerprint density at radius 2 is 1.44 bits per heavy atom. The molecule has 3 rings (SSSR count). The Balaban J connectivity index is 1.87. The first kappa shape index (κ1) is 18.6. The predicted molar refractivity (Wildman–Crippen MR) is 107 cm³/mol. The van der Waals surface area contributed by atoms with E-state index in [-0.39, 0.29) is 12.1 Å². The first-order valence-corrected chi connectivity index (χ1v) is 9.89. The Labute approximate surface area is 154 Å². The van der Waals surface area contributed by atoms with Crippen LogP contribution in [0.2, 0.25) is 0 Å². The summed E-state index contributed by atoms with van der Waals surface area (Å²) in [7, 11) is 3.42. The minimum absolute atomic E-state index is 0.0369. The molecule has 2 nitrogen and oxygen atoms in total. The summed E-state index contributed by atoms with van der Waals surface area (Å²) < 4.78 is 8.36. The zero-order chi connectivity index (χ0) is 17.6. The van der Waals surface area contributed by atoms with Gasteiger partial charge in [-0.3, -0.25) is 4.67 Å². The van der Waals surface area contributed by atoms with Gasteiger partial charge < -0.3 is 4.74 Å². The lowest BCUT2D eigenvalue weighted by atomic mass is 10.0. The van der Waals surface area contributed by atoms with Gasteiger partial charge in [-0.1, -0.05) is 60.7 Å². The van der Waals surface area contributed by atoms with E-state index in [4.69, 9.17) is 4.74 Å². The molecule has 3 atom stereocenters. The summed E-state index contributed by atoms with van der Waals surface area (Å²) in [5.41, 5.74) is 2.59. The minimum atomic E-state index is -0.590. The van der Waals surface area contributed by atoms with Crippen LogP contribution in [0.5, 0.6) is 0 Å². The van der Waals surface area contributed by atoms with Crippen molar-refractivity contribution in [1.29, 1.82) is 0 Å². The number of likely N-dealkylation sites (N-methyl/N-ethyl adjacent to an activating group) is 1. The summed E-state index contributed by atoms with van der Waals surface area (Å²) in [4.78, 5) is 0. The minimum Gasteiger partial charge on any atom is -0.375 e. The van der Waals surface area contributed by atoms with Crippen molar-refractivity contribution in [1.82, 2.24) is 4.67 Å². The Hall–Kier alpha value is -1.21. The monoisotopic (exact) mass is 350 g/mol. The SMILES string of the molecule is CO[C@@H](c1ccccc1)[C@@H](C)N(C)[P@]([C]1[CH][CH][CH][CH]1)c1ccccc1. The topological polar surface area (TPSA) is 12.5 Å². The highest BCUT2D eigenvalue weighted by Crippen LogP contribution is 2.56. The molecule has 1 fully saturated rings. The second-order valence-electron chi connectivity index (χ2n) is 6.17. The molecule has 3 heteroatoms. The van der Waals surface area contributed by atoms with Crippen LogP contribution in [0, 0.1) is 31.3 Å². The van der Waals surface area contributed by atoms with Crippen LogP contribution in [-0.4, -0.2) is 24.9 Å². The Morgan fingerprint density at radius 1 is 0.880 bits per heavy atom. The van der Waals surface area contributed by atoms with Gasteiger partial charge in [0.25, 0.3) is 0 Å². The van der Waals surface area contributed by atoms with Gasteiger partial charge in [-0.05, 0) is 50.5 Å². The summed E-state index contributed by atoms with van der Waals surface area (Å²) in [5, 5.41) is 1.36. The van der Waals surface area contributed by atoms with Crippen molar-refractivity contribution in [2.24, 2.45) is 0 Å². The molecule has 1 aliphatic rings. The van der Waals surface area contributed by atoms with E-state index >= 15 is 0 Å². The molecule has 5 radical (unpaired) electrons. The molecule has 1 saturated carbocycles. The fourth-order valence-corrected chi connectivity index (χ4v) is 5.64. The summed E-state index contributed by atoms with van der Waals surface area (Å²) in [5.74, 6) is 0. The van der Waals surface area contributed by atoms with Crippen molar-refractivity contribution in [2.75, 3.05) is 14.2 Å². The standard InChI is InChI=1S/C22H25NOP/c1-18(22(24-3)19-12-6-4-7-13-19)23(2)25(21-16-10-11-17-21)20-14-8-5-9-15-20/h4-18,22H,1-3H3/t18-,22-,25+/m1/s1. The van der Waals surface area contributed by atoms with Crippen LogP contribution in [0.15, 0.2) is 60.7 Å². The molecule has 0 aliphatic heterocycles. The number of ether oxygens (including phenoxy) is 1. The number of rotatable bonds is 7. The molecule has 2 aromatic carbocycles. The van der Waals surface area contributed by atoms with Gasteiger partial charge >= 0.3 is 0 Å². The van der Waals surface area contributed by atoms with Crippen LogP contribution in [0.25, 0.3) is 0 Å². The van der Waals surface area contributed by atoms with E-state index in [2.05, 4.69) is 98.9 Å². The highest BCUT2D eigenvalue weighted by molar-refractivity contribution is 7.66. The lowest BCUT2D eigenvalue weighted by Crippen LogP contribution is -2.35. The number of nitrogens with zero attached hydrogens (tertiary/aromatic N) is 1. The lowest BCUT2D eigenvalue weighted by Gasteiger charge is -2.39. The summed E-state index contributed by atoms with van der Waals surface area (Å²) >= 11 is 0. The van der Waals surface area contributed by atoms with Gasteiger partial charge in [-0.25, -0.2) is 0 Å². The van der Waals surface area contributed by atoms with Crippen LogP contribution in [0.1, 0.15) is 18.6 Å². The van der Waals surface area contributed by atoms with Crippen molar-refractivity contribution >= 4 is 13.4 Å². The molecule has 0 spiro atoms. The zero-order valence-corrected chi connectivity index (χ0v) is 15.9.